The number of hydrazine groups is 1. The highest BCUT2D eigenvalue weighted by atomic mass is 32.2. The predicted molar refractivity (Wildman–Crippen MR) is 128 cm³/mol. The number of anilines is 1. The van der Waals surface area contributed by atoms with Gasteiger partial charge in [0.2, 0.25) is 10.0 Å². The van der Waals surface area contributed by atoms with Crippen molar-refractivity contribution >= 4 is 21.7 Å². The summed E-state index contributed by atoms with van der Waals surface area (Å²) in [6.45, 7) is 1.67. The summed E-state index contributed by atoms with van der Waals surface area (Å²) < 4.78 is 27.9. The molecule has 0 radical (unpaired) electrons. The van der Waals surface area contributed by atoms with Crippen LogP contribution in [0.1, 0.15) is 54.4 Å². The third kappa shape index (κ3) is 4.37. The van der Waals surface area contributed by atoms with Crippen molar-refractivity contribution < 1.29 is 13.2 Å². The molecule has 2 unspecified atom stereocenters. The molecule has 2 heterocycles. The topological polar surface area (TPSA) is 103 Å². The fraction of sp³-hybridized carbons (Fsp3) is 0.625. The number of amides is 2. The van der Waals surface area contributed by atoms with Gasteiger partial charge in [-0.2, -0.15) is 0 Å². The minimum Gasteiger partial charge on any atom is -0.307 e. The van der Waals surface area contributed by atoms with E-state index in [0.29, 0.717) is 19.5 Å². The molecule has 0 saturated carbocycles. The van der Waals surface area contributed by atoms with Crippen LogP contribution in [0.25, 0.3) is 0 Å². The highest BCUT2D eigenvalue weighted by Crippen LogP contribution is 2.38. The van der Waals surface area contributed by atoms with Crippen LogP contribution < -0.4 is 15.5 Å². The van der Waals surface area contributed by atoms with Crippen LogP contribution >= 0.6 is 0 Å². The fourth-order valence-electron chi connectivity index (χ4n) is 5.70. The van der Waals surface area contributed by atoms with E-state index in [1.54, 1.807) is 0 Å². The van der Waals surface area contributed by atoms with Crippen molar-refractivity contribution in [1.29, 1.82) is 0 Å². The molecule has 9 heteroatoms. The maximum Gasteiger partial charge on any atom is 0.332 e. The molecular weight excluding hydrogens is 438 g/mol. The van der Waals surface area contributed by atoms with Gasteiger partial charge < -0.3 is 10.2 Å². The van der Waals surface area contributed by atoms with Crippen molar-refractivity contribution in [2.45, 2.75) is 68.7 Å². The lowest BCUT2D eigenvalue weighted by Gasteiger charge is -2.38. The molecule has 3 N–H and O–H groups in total. The Kier molecular flexibility index (Phi) is 5.90. The molecule has 2 saturated heterocycles. The second-order valence-corrected chi connectivity index (χ2v) is 11.8. The molecule has 0 aromatic heterocycles. The SMILES string of the molecule is C#CCCC1(CCN2CC(S(=O)(=O)NC(=O)Nc3c4c(cc5c3CCC5)CCC4)C2)NN1C. The van der Waals surface area contributed by atoms with Gasteiger partial charge in [0.1, 0.15) is 5.25 Å². The van der Waals surface area contributed by atoms with E-state index < -0.39 is 21.3 Å². The quantitative estimate of drug-likeness (QED) is 0.394. The smallest absolute Gasteiger partial charge is 0.307 e. The maximum absolute atomic E-state index is 12.8. The first-order valence-corrected chi connectivity index (χ1v) is 13.5. The third-order valence-corrected chi connectivity index (χ3v) is 9.45. The third-order valence-electron chi connectivity index (χ3n) is 7.80. The number of hydrogen-bond donors (Lipinski definition) is 3. The van der Waals surface area contributed by atoms with Crippen LogP contribution in [0, 0.1) is 12.3 Å². The normalized spacial score (nSPS) is 26.2. The van der Waals surface area contributed by atoms with Crippen molar-refractivity contribution in [3.63, 3.8) is 0 Å². The average Bonchev–Trinajstić information content (AvgIpc) is 3.11. The molecule has 1 aromatic rings. The first-order chi connectivity index (χ1) is 15.8. The first-order valence-electron chi connectivity index (χ1n) is 12.0. The highest BCUT2D eigenvalue weighted by Gasteiger charge is 2.49. The van der Waals surface area contributed by atoms with E-state index in [-0.39, 0.29) is 5.66 Å². The number of rotatable bonds is 8. The van der Waals surface area contributed by atoms with Crippen molar-refractivity contribution in [3.05, 3.63) is 28.3 Å². The number of terminal acetylenes is 1. The zero-order valence-corrected chi connectivity index (χ0v) is 20.1. The Bertz CT molecular complexity index is 1070. The maximum atomic E-state index is 12.8. The van der Waals surface area contributed by atoms with Gasteiger partial charge in [-0.05, 0) is 73.6 Å². The zero-order chi connectivity index (χ0) is 23.2. The van der Waals surface area contributed by atoms with Crippen LogP contribution in [0.3, 0.4) is 0 Å². The number of nitrogens with one attached hydrogen (secondary N) is 3. The number of carbonyl (C=O) groups is 1. The lowest BCUT2D eigenvalue weighted by Crippen LogP contribution is -2.59. The summed E-state index contributed by atoms with van der Waals surface area (Å²) in [5, 5.41) is 4.42. The van der Waals surface area contributed by atoms with Crippen LogP contribution in [-0.2, 0) is 35.7 Å². The molecule has 0 bridgehead atoms. The molecule has 178 valence electrons. The fourth-order valence-corrected chi connectivity index (χ4v) is 6.99. The molecule has 2 fully saturated rings. The summed E-state index contributed by atoms with van der Waals surface area (Å²) in [5.41, 5.74) is 9.12. The molecule has 0 spiro atoms. The van der Waals surface area contributed by atoms with E-state index in [9.17, 15) is 13.2 Å². The number of urea groups is 1. The Hall–Kier alpha value is -2.12. The lowest BCUT2D eigenvalue weighted by molar-refractivity contribution is 0.169. The summed E-state index contributed by atoms with van der Waals surface area (Å²) >= 11 is 0. The monoisotopic (exact) mass is 471 g/mol. The number of benzene rings is 1. The van der Waals surface area contributed by atoms with Gasteiger partial charge in [0.25, 0.3) is 0 Å². The van der Waals surface area contributed by atoms with E-state index in [1.165, 1.54) is 22.3 Å². The molecule has 2 atom stereocenters. The van der Waals surface area contributed by atoms with E-state index >= 15 is 0 Å². The first kappa shape index (κ1) is 22.7. The van der Waals surface area contributed by atoms with Crippen LogP contribution in [-0.4, -0.2) is 62.0 Å². The largest absolute Gasteiger partial charge is 0.332 e. The summed E-state index contributed by atoms with van der Waals surface area (Å²) in [4.78, 5) is 14.8. The number of carbonyl (C=O) groups excluding carboxylic acids is 1. The molecule has 4 aliphatic rings. The standard InChI is InChI=1S/C24H33N5O3S/c1-3-4-11-24(27-28(24)2)12-13-29-15-19(16-29)33(31,32)26-23(30)25-22-20-9-5-7-17(20)14-18-8-6-10-21(18)22/h1,14,19,27H,4-13,15-16H2,2H3,(H2,25,26,30). The van der Waals surface area contributed by atoms with Gasteiger partial charge in [0.05, 0.1) is 5.66 Å². The summed E-state index contributed by atoms with van der Waals surface area (Å²) in [5.74, 6) is 2.68. The summed E-state index contributed by atoms with van der Waals surface area (Å²) in [6.07, 6.45) is 14.0. The van der Waals surface area contributed by atoms with Gasteiger partial charge in [0.15, 0.2) is 0 Å². The van der Waals surface area contributed by atoms with E-state index in [1.807, 2.05) is 7.05 Å². The number of nitrogens with zero attached hydrogens (tertiary/aromatic N) is 2. The van der Waals surface area contributed by atoms with Gasteiger partial charge in [-0.1, -0.05) is 6.07 Å². The molecule has 2 aliphatic heterocycles. The number of aryl methyl sites for hydroxylation is 2. The van der Waals surface area contributed by atoms with E-state index in [2.05, 4.69) is 37.4 Å². The Labute approximate surface area is 196 Å². The number of likely N-dealkylation sites (tertiary alicyclic amines) is 1. The van der Waals surface area contributed by atoms with Gasteiger partial charge >= 0.3 is 6.03 Å². The minimum absolute atomic E-state index is 0.0648. The summed E-state index contributed by atoms with van der Waals surface area (Å²) in [7, 11) is -1.72. The van der Waals surface area contributed by atoms with Gasteiger partial charge in [-0.3, -0.25) is 0 Å². The minimum atomic E-state index is -3.72. The Morgan fingerprint density at radius 1 is 1.18 bits per heavy atom. The molecule has 8 nitrogen and oxygen atoms in total. The predicted octanol–water partition coefficient (Wildman–Crippen LogP) is 1.75. The summed E-state index contributed by atoms with van der Waals surface area (Å²) in [6, 6.07) is 1.65. The van der Waals surface area contributed by atoms with Gasteiger partial charge in [-0.15, -0.1) is 12.3 Å². The molecule has 2 amide bonds. The van der Waals surface area contributed by atoms with Gasteiger partial charge in [-0.25, -0.2) is 28.4 Å². The second-order valence-electron chi connectivity index (χ2n) is 9.87. The Morgan fingerprint density at radius 2 is 1.82 bits per heavy atom. The van der Waals surface area contributed by atoms with Crippen molar-refractivity contribution in [2.75, 3.05) is 32.0 Å². The van der Waals surface area contributed by atoms with Crippen LogP contribution in [0.4, 0.5) is 10.5 Å². The molecule has 1 aromatic carbocycles. The van der Waals surface area contributed by atoms with E-state index in [4.69, 9.17) is 6.42 Å². The highest BCUT2D eigenvalue weighted by molar-refractivity contribution is 7.90. The van der Waals surface area contributed by atoms with Crippen molar-refractivity contribution in [1.82, 2.24) is 20.1 Å². The Balaban J connectivity index is 1.15. The van der Waals surface area contributed by atoms with Crippen LogP contribution in [0.15, 0.2) is 6.07 Å². The van der Waals surface area contributed by atoms with Crippen molar-refractivity contribution in [3.8, 4) is 12.3 Å². The number of sulfonamides is 1. The van der Waals surface area contributed by atoms with Crippen LogP contribution in [0.5, 0.6) is 0 Å². The lowest BCUT2D eigenvalue weighted by atomic mass is 9.99. The van der Waals surface area contributed by atoms with Crippen molar-refractivity contribution in [2.24, 2.45) is 0 Å². The number of fused-ring (bicyclic) bond motifs is 2. The average molecular weight is 472 g/mol. The van der Waals surface area contributed by atoms with Crippen LogP contribution in [0.2, 0.25) is 0 Å². The molecular formula is C24H33N5O3S. The molecule has 33 heavy (non-hydrogen) atoms. The molecule has 5 rings (SSSR count). The Morgan fingerprint density at radius 3 is 2.39 bits per heavy atom. The second kappa shape index (κ2) is 8.58. The van der Waals surface area contributed by atoms with Gasteiger partial charge in [0, 0.05) is 38.8 Å². The molecule has 2 aliphatic carbocycles. The zero-order valence-electron chi connectivity index (χ0n) is 19.2. The van der Waals surface area contributed by atoms with E-state index in [0.717, 1.165) is 63.6 Å². The number of hydrogen-bond acceptors (Lipinski definition) is 6.